The summed E-state index contributed by atoms with van der Waals surface area (Å²) in [5.41, 5.74) is -0.795. The van der Waals surface area contributed by atoms with Gasteiger partial charge in [0.2, 0.25) is 0 Å². The van der Waals surface area contributed by atoms with Gasteiger partial charge in [0.15, 0.2) is 46.3 Å². The average molecular weight is 1950 g/mol. The maximum Gasteiger partial charge on any atom is 0.165 e. The quantitative estimate of drug-likeness (QED) is 0.0546. The second kappa shape index (κ2) is 56.0. The number of rotatable bonds is 24. The van der Waals surface area contributed by atoms with Gasteiger partial charge in [-0.15, -0.1) is 0 Å². The second-order valence-corrected chi connectivity index (χ2v) is 44.1. The van der Waals surface area contributed by atoms with Crippen LogP contribution in [0.25, 0.3) is 0 Å². The molecule has 8 atom stereocenters. The molecule has 8 aromatic rings. The van der Waals surface area contributed by atoms with Crippen LogP contribution < -0.4 is 0 Å². The van der Waals surface area contributed by atoms with Gasteiger partial charge in [-0.2, -0.15) is 0 Å². The smallest absolute Gasteiger partial charge is 0.165 e. The number of carbonyl (C=O) groups excluding carboxylic acids is 8. The fraction of sp³-hybridized carbons (Fsp3) is 0.504. The Balaban J connectivity index is 0.00000168. The van der Waals surface area contributed by atoms with Crippen molar-refractivity contribution in [2.45, 2.75) is 280 Å². The minimum Gasteiger partial charge on any atom is -0.294 e. The van der Waals surface area contributed by atoms with Crippen LogP contribution in [-0.4, -0.2) is 46.3 Å². The maximum absolute atomic E-state index is 12.5. The lowest BCUT2D eigenvalue weighted by molar-refractivity contribution is 0.0891. The molecule has 0 N–H and O–H groups in total. The second-order valence-electron chi connectivity index (χ2n) is 40.7. The Labute approximate surface area is 848 Å². The van der Waals surface area contributed by atoms with E-state index in [9.17, 15) is 38.4 Å². The van der Waals surface area contributed by atoms with Crippen LogP contribution >= 0.6 is 92.8 Å². The molecule has 8 aromatic carbocycles. The van der Waals surface area contributed by atoms with Gasteiger partial charge in [0.25, 0.3) is 0 Å². The van der Waals surface area contributed by atoms with E-state index in [1.54, 1.807) is 212 Å². The molecule has 712 valence electrons. The summed E-state index contributed by atoms with van der Waals surface area (Å²) in [7, 11) is 0. The van der Waals surface area contributed by atoms with Crippen molar-refractivity contribution in [3.05, 3.63) is 279 Å². The van der Waals surface area contributed by atoms with E-state index in [1.807, 2.05) is 125 Å². The van der Waals surface area contributed by atoms with E-state index in [-0.39, 0.29) is 87.4 Å². The molecule has 0 amide bonds. The molecule has 0 aromatic heterocycles. The summed E-state index contributed by atoms with van der Waals surface area (Å²) in [5, 5.41) is 3.72. The zero-order valence-electron chi connectivity index (χ0n) is 100. The zero-order chi connectivity index (χ0) is 116. The molecule has 0 saturated carbocycles. The number of benzene rings is 8. The van der Waals surface area contributed by atoms with Crippen molar-refractivity contribution in [1.82, 2.24) is 0 Å². The number of halogens is 8. The fourth-order valence-electron chi connectivity index (χ4n) is 13.3. The van der Waals surface area contributed by atoms with Crippen LogP contribution in [0.1, 0.15) is 390 Å². The molecule has 0 spiro atoms. The summed E-state index contributed by atoms with van der Waals surface area (Å²) in [6.45, 7) is 40.5. The third kappa shape index (κ3) is 55.0. The molecule has 129 heavy (non-hydrogen) atoms. The van der Waals surface area contributed by atoms with Gasteiger partial charge in [-0.05, 0) is 192 Å². The first-order valence-corrected chi connectivity index (χ1v) is 45.4. The summed E-state index contributed by atoms with van der Waals surface area (Å²) in [4.78, 5) is 98.7. The molecule has 0 saturated heterocycles. The van der Waals surface area contributed by atoms with Crippen molar-refractivity contribution in [1.29, 1.82) is 0 Å². The highest BCUT2D eigenvalue weighted by molar-refractivity contribution is 6.33. The Morgan fingerprint density at radius 1 is 0.217 bits per heavy atom. The van der Waals surface area contributed by atoms with Crippen LogP contribution in [0.2, 0.25) is 40.2 Å². The molecule has 0 aliphatic heterocycles. The highest BCUT2D eigenvalue weighted by Crippen LogP contribution is 2.35. The molecule has 4 unspecified atom stereocenters. The summed E-state index contributed by atoms with van der Waals surface area (Å²) < 4.78 is 156. The van der Waals surface area contributed by atoms with E-state index >= 15 is 0 Å². The highest BCUT2D eigenvalue weighted by Gasteiger charge is 2.30. The first-order valence-electron chi connectivity index (χ1n) is 52.4. The van der Waals surface area contributed by atoms with Crippen molar-refractivity contribution >= 4 is 139 Å². The molecule has 0 aliphatic rings. The van der Waals surface area contributed by atoms with Gasteiger partial charge in [0.1, 0.15) is 0 Å². The predicted octanol–water partition coefficient (Wildman–Crippen LogP) is 37.4. The topological polar surface area (TPSA) is 137 Å². The van der Waals surface area contributed by atoms with Gasteiger partial charge in [0.05, 0.1) is 0 Å². The van der Waals surface area contributed by atoms with E-state index in [0.717, 1.165) is 6.92 Å². The van der Waals surface area contributed by atoms with E-state index in [2.05, 4.69) is 0 Å². The van der Waals surface area contributed by atoms with Gasteiger partial charge in [-0.1, -0.05) is 419 Å². The first kappa shape index (κ1) is 90.3. The predicted molar refractivity (Wildman–Crippen MR) is 559 cm³/mol. The highest BCUT2D eigenvalue weighted by atomic mass is 35.5. The number of hydrogen-bond donors (Lipinski definition) is 0. The molecule has 0 radical (unpaired) electrons. The summed E-state index contributed by atoms with van der Waals surface area (Å²) >= 11 is 46.8. The van der Waals surface area contributed by atoms with E-state index in [1.165, 1.54) is 44.2 Å². The Kier molecular flexibility index (Phi) is 39.1. The van der Waals surface area contributed by atoms with Crippen LogP contribution in [0.4, 0.5) is 0 Å². The lowest BCUT2D eigenvalue weighted by Crippen LogP contribution is -2.18. The Morgan fingerprint density at radius 2 is 0.333 bits per heavy atom. The van der Waals surface area contributed by atoms with Gasteiger partial charge in [-0.25, -0.2) is 0 Å². The number of ketones is 8. The van der Waals surface area contributed by atoms with Crippen LogP contribution in [0.15, 0.2) is 194 Å². The van der Waals surface area contributed by atoms with E-state index in [4.69, 9.17) is 120 Å². The Hall–Kier alpha value is -6.56. The van der Waals surface area contributed by atoms with Crippen molar-refractivity contribution in [3.8, 4) is 0 Å². The average Bonchev–Trinajstić information content (AvgIpc) is 0.701. The van der Waals surface area contributed by atoms with Crippen molar-refractivity contribution in [2.75, 3.05) is 0 Å². The van der Waals surface area contributed by atoms with Crippen LogP contribution in [0.3, 0.4) is 0 Å². The SMILES string of the molecule is C.[2H]C(C)(CC(C)(C([2H])([2H])[2H])C([2H])([2H])[2H])C(=O)c1cccc(Cl)c1.[2H]C(C)(CC(C)(C)C([2H])([2H])[2H])C(=O)c1cccc(Cl)c1.[2H]C(C)(CC(C)(C)C)C(=O)c1cccc(Cl)c1.[2H]C(C)(CC(C)(C)C)C(=O)c1cccc(Cl)c1.[2H]C([2H])([2H])[C@@]([2H])(CC(C)(C)C)C(=O)c1cccc(Cl)c1.[2H][C@@](C)(CC(C)(C)C)C(=O)c1cccc(Cl)c1.[2H][C@@](C)(CC(C)(C)C)C(=O)c1cccc(Cl)c1.[2H][C@](C)(CC(C)(C)C)C(=O)c1cccc(Cl)c1. The van der Waals surface area contributed by atoms with Gasteiger partial charge in [-0.3, -0.25) is 38.4 Å². The van der Waals surface area contributed by atoms with Gasteiger partial charge < -0.3 is 0 Å². The monoisotopic (exact) mass is 1940 g/mol. The summed E-state index contributed by atoms with van der Waals surface area (Å²) in [6.07, 6.45) is 1.86. The lowest BCUT2D eigenvalue weighted by atomic mass is 9.82. The number of hydrogen-bond acceptors (Lipinski definition) is 8. The largest absolute Gasteiger partial charge is 0.294 e. The molecule has 0 aliphatic carbocycles. The van der Waals surface area contributed by atoms with Gasteiger partial charge in [0, 0.05) is 159 Å². The van der Waals surface area contributed by atoms with Crippen LogP contribution in [-0.2, 0) is 0 Å². The Morgan fingerprint density at radius 3 is 0.450 bits per heavy atom. The summed E-state index contributed by atoms with van der Waals surface area (Å²) in [6, 6.07) is 52.4. The van der Waals surface area contributed by atoms with E-state index < -0.39 is 115 Å². The standard InChI is InChI=1S/8C14H19ClO.CH4/c8*1-10(9-14(2,3)4)13(16)11-6-5-7-12(15)8-11;/h8*5-8,10H,9H2,1-4H3;1H4/t4*10-;;;;;/m1100...../s1/i2*10D;1D3,10D;10D;2D3,3D3,10D;2D3,10D;2*10D;. The maximum atomic E-state index is 12.5. The van der Waals surface area contributed by atoms with E-state index in [0.29, 0.717) is 106 Å². The number of carbonyl (C=O) groups is 8. The summed E-state index contributed by atoms with van der Waals surface area (Å²) in [5.74, 6) is -13.8. The molecule has 8 nitrogen and oxygen atoms in total. The molecule has 0 fully saturated rings. The third-order valence-corrected chi connectivity index (χ3v) is 19.6. The van der Waals surface area contributed by atoms with Gasteiger partial charge >= 0.3 is 0 Å². The third-order valence-electron chi connectivity index (χ3n) is 17.7. The van der Waals surface area contributed by atoms with Crippen LogP contribution in [0, 0.1) is 90.5 Å². The minimum absolute atomic E-state index is 0. The molecule has 0 heterocycles. The zero-order valence-corrected chi connectivity index (χ0v) is 86.5. The normalized spacial score (nSPS) is 18.1. The minimum atomic E-state index is -2.84. The lowest BCUT2D eigenvalue weighted by Gasteiger charge is -2.22. The fourth-order valence-corrected chi connectivity index (χ4v) is 14.8. The molecule has 0 bridgehead atoms. The number of Topliss-reactive ketones (excluding diaryl/α,β-unsaturated/α-hetero) is 8. The molecular weight excluding hydrogens is 1770 g/mol. The van der Waals surface area contributed by atoms with Crippen molar-refractivity contribution < 1.29 is 65.8 Å². The van der Waals surface area contributed by atoms with Crippen molar-refractivity contribution in [2.24, 2.45) is 90.5 Å². The molecule has 8 rings (SSSR count). The van der Waals surface area contributed by atoms with Crippen LogP contribution in [0.5, 0.6) is 0 Å². The Bertz CT molecular complexity index is 5310. The molecular formula is C113H156Cl8O8. The molecule has 16 heteroatoms. The van der Waals surface area contributed by atoms with Crippen molar-refractivity contribution in [3.63, 3.8) is 0 Å². The first-order chi connectivity index (χ1) is 65.9.